The molecule has 1 fully saturated rings. The summed E-state index contributed by atoms with van der Waals surface area (Å²) in [6.45, 7) is 0. The second-order valence-electron chi connectivity index (χ2n) is 6.22. The molecule has 2 aromatic rings. The summed E-state index contributed by atoms with van der Waals surface area (Å²) in [5, 5.41) is 10.3. The van der Waals surface area contributed by atoms with Gasteiger partial charge in [0.05, 0.1) is 6.42 Å². The molecule has 0 unspecified atom stereocenters. The van der Waals surface area contributed by atoms with Crippen LogP contribution in [-0.2, 0) is 16.0 Å². The van der Waals surface area contributed by atoms with Gasteiger partial charge in [-0.3, -0.25) is 4.79 Å². The van der Waals surface area contributed by atoms with E-state index in [-0.39, 0.29) is 6.42 Å². The van der Waals surface area contributed by atoms with Gasteiger partial charge in [0.2, 0.25) is 5.79 Å². The van der Waals surface area contributed by atoms with Gasteiger partial charge >= 0.3 is 5.97 Å². The van der Waals surface area contributed by atoms with Gasteiger partial charge in [-0.05, 0) is 42.7 Å². The molecule has 1 saturated carbocycles. The minimum Gasteiger partial charge on any atom is -0.457 e. The third-order valence-corrected chi connectivity index (χ3v) is 4.16. The van der Waals surface area contributed by atoms with Crippen LogP contribution in [0, 0.1) is 0 Å². The Balaban J connectivity index is 1.60. The first-order valence-corrected chi connectivity index (χ1v) is 8.39. The number of carbonyl (C=O) groups is 1. The number of carbonyl (C=O) groups excluding carboxylic acids is 1. The highest BCUT2D eigenvalue weighted by molar-refractivity contribution is 5.73. The van der Waals surface area contributed by atoms with Gasteiger partial charge in [0.15, 0.2) is 0 Å². The van der Waals surface area contributed by atoms with E-state index in [4.69, 9.17) is 9.47 Å². The van der Waals surface area contributed by atoms with Gasteiger partial charge in [-0.15, -0.1) is 0 Å². The average Bonchev–Trinajstić information content (AvgIpc) is 2.56. The van der Waals surface area contributed by atoms with E-state index in [1.54, 1.807) is 0 Å². The first kappa shape index (κ1) is 16.5. The summed E-state index contributed by atoms with van der Waals surface area (Å²) in [5.41, 5.74) is 0.799. The highest BCUT2D eigenvalue weighted by atomic mass is 16.7. The summed E-state index contributed by atoms with van der Waals surface area (Å²) in [4.78, 5) is 12.1. The summed E-state index contributed by atoms with van der Waals surface area (Å²) < 4.78 is 11.1. The first-order chi connectivity index (χ1) is 11.6. The van der Waals surface area contributed by atoms with E-state index >= 15 is 0 Å². The summed E-state index contributed by atoms with van der Waals surface area (Å²) in [6.07, 6.45) is 4.03. The Bertz CT molecular complexity index is 675. The average molecular weight is 326 g/mol. The summed E-state index contributed by atoms with van der Waals surface area (Å²) >= 11 is 0. The van der Waals surface area contributed by atoms with Gasteiger partial charge in [-0.1, -0.05) is 36.8 Å². The van der Waals surface area contributed by atoms with Gasteiger partial charge in [-0.2, -0.15) is 0 Å². The highest BCUT2D eigenvalue weighted by Gasteiger charge is 2.33. The molecule has 2 aromatic carbocycles. The van der Waals surface area contributed by atoms with E-state index in [1.165, 1.54) is 0 Å². The maximum Gasteiger partial charge on any atom is 0.312 e. The molecule has 1 aliphatic carbocycles. The number of aliphatic hydroxyl groups is 1. The molecule has 0 heterocycles. The smallest absolute Gasteiger partial charge is 0.312 e. The predicted octanol–water partition coefficient (Wildman–Crippen LogP) is 4.22. The Kier molecular flexibility index (Phi) is 5.16. The molecule has 3 rings (SSSR count). The summed E-state index contributed by atoms with van der Waals surface area (Å²) in [7, 11) is 0. The van der Waals surface area contributed by atoms with Crippen LogP contribution in [0.2, 0.25) is 0 Å². The van der Waals surface area contributed by atoms with E-state index in [2.05, 4.69) is 0 Å². The van der Waals surface area contributed by atoms with Gasteiger partial charge in [0.1, 0.15) is 11.5 Å². The van der Waals surface area contributed by atoms with E-state index in [9.17, 15) is 9.90 Å². The van der Waals surface area contributed by atoms with Crippen LogP contribution >= 0.6 is 0 Å². The topological polar surface area (TPSA) is 55.8 Å². The van der Waals surface area contributed by atoms with Crippen molar-refractivity contribution in [1.29, 1.82) is 0 Å². The third-order valence-electron chi connectivity index (χ3n) is 4.16. The van der Waals surface area contributed by atoms with Crippen molar-refractivity contribution >= 4 is 5.97 Å². The molecule has 4 heteroatoms. The molecular weight excluding hydrogens is 304 g/mol. The second-order valence-corrected chi connectivity index (χ2v) is 6.22. The molecule has 0 atom stereocenters. The van der Waals surface area contributed by atoms with Crippen molar-refractivity contribution in [2.45, 2.75) is 44.3 Å². The standard InChI is InChI=1S/C20H22O4/c21-19(24-20(22)12-5-2-6-13-20)15-16-8-7-11-18(14-16)23-17-9-3-1-4-10-17/h1,3-4,7-11,14,22H,2,5-6,12-13,15H2. The Morgan fingerprint density at radius 1 is 0.958 bits per heavy atom. The molecule has 0 aliphatic heterocycles. The van der Waals surface area contributed by atoms with Crippen molar-refractivity contribution in [2.24, 2.45) is 0 Å². The van der Waals surface area contributed by atoms with E-state index in [1.807, 2.05) is 54.6 Å². The van der Waals surface area contributed by atoms with Gasteiger partial charge in [0, 0.05) is 12.8 Å². The fourth-order valence-corrected chi connectivity index (χ4v) is 2.96. The molecule has 126 valence electrons. The van der Waals surface area contributed by atoms with Crippen LogP contribution in [0.1, 0.15) is 37.7 Å². The molecule has 4 nitrogen and oxygen atoms in total. The zero-order valence-electron chi connectivity index (χ0n) is 13.6. The second kappa shape index (κ2) is 7.49. The van der Waals surface area contributed by atoms with Crippen LogP contribution in [0.25, 0.3) is 0 Å². The molecule has 1 N–H and O–H groups in total. The minimum atomic E-state index is -1.28. The number of benzene rings is 2. The van der Waals surface area contributed by atoms with Crippen LogP contribution in [0.3, 0.4) is 0 Å². The van der Waals surface area contributed by atoms with Crippen LogP contribution in [0.4, 0.5) is 0 Å². The molecule has 1 aliphatic rings. The Morgan fingerprint density at radius 2 is 1.67 bits per heavy atom. The number of esters is 1. The van der Waals surface area contributed by atoms with E-state index in [0.717, 1.165) is 30.6 Å². The van der Waals surface area contributed by atoms with Crippen molar-refractivity contribution in [2.75, 3.05) is 0 Å². The zero-order valence-corrected chi connectivity index (χ0v) is 13.6. The largest absolute Gasteiger partial charge is 0.457 e. The van der Waals surface area contributed by atoms with Crippen molar-refractivity contribution in [3.05, 3.63) is 60.2 Å². The van der Waals surface area contributed by atoms with Gasteiger partial charge in [0.25, 0.3) is 0 Å². The quantitative estimate of drug-likeness (QED) is 0.660. The first-order valence-electron chi connectivity index (χ1n) is 8.39. The van der Waals surface area contributed by atoms with E-state index < -0.39 is 11.8 Å². The Labute approximate surface area is 142 Å². The number of hydrogen-bond donors (Lipinski definition) is 1. The normalized spacial score (nSPS) is 16.4. The van der Waals surface area contributed by atoms with E-state index in [0.29, 0.717) is 18.6 Å². The Hall–Kier alpha value is -2.33. The maximum atomic E-state index is 12.1. The fourth-order valence-electron chi connectivity index (χ4n) is 2.96. The number of rotatable bonds is 5. The molecule has 0 aromatic heterocycles. The summed E-state index contributed by atoms with van der Waals surface area (Å²) in [5.74, 6) is -0.277. The lowest BCUT2D eigenvalue weighted by molar-refractivity contribution is -0.219. The molecule has 0 saturated heterocycles. The molecule has 24 heavy (non-hydrogen) atoms. The van der Waals surface area contributed by atoms with Crippen molar-refractivity contribution in [1.82, 2.24) is 0 Å². The number of para-hydroxylation sites is 1. The lowest BCUT2D eigenvalue weighted by Gasteiger charge is -2.31. The van der Waals surface area contributed by atoms with Crippen LogP contribution < -0.4 is 4.74 Å². The molecular formula is C20H22O4. The molecule has 0 amide bonds. The fraction of sp³-hybridized carbons (Fsp3) is 0.350. The van der Waals surface area contributed by atoms with Crippen molar-refractivity contribution < 1.29 is 19.4 Å². The lowest BCUT2D eigenvalue weighted by atomic mass is 9.94. The summed E-state index contributed by atoms with van der Waals surface area (Å²) in [6, 6.07) is 16.8. The SMILES string of the molecule is O=C(Cc1cccc(Oc2ccccc2)c1)OC1(O)CCCCC1. The number of ether oxygens (including phenoxy) is 2. The number of hydrogen-bond acceptors (Lipinski definition) is 4. The highest BCUT2D eigenvalue weighted by Crippen LogP contribution is 2.29. The van der Waals surface area contributed by atoms with Crippen LogP contribution in [-0.4, -0.2) is 16.9 Å². The predicted molar refractivity (Wildman–Crippen MR) is 90.8 cm³/mol. The maximum absolute atomic E-state index is 12.1. The van der Waals surface area contributed by atoms with Crippen LogP contribution in [0.15, 0.2) is 54.6 Å². The monoisotopic (exact) mass is 326 g/mol. The minimum absolute atomic E-state index is 0.119. The zero-order chi connectivity index (χ0) is 16.8. The van der Waals surface area contributed by atoms with Crippen molar-refractivity contribution in [3.8, 4) is 11.5 Å². The van der Waals surface area contributed by atoms with Gasteiger partial charge in [-0.25, -0.2) is 0 Å². The molecule has 0 radical (unpaired) electrons. The van der Waals surface area contributed by atoms with Crippen LogP contribution in [0.5, 0.6) is 11.5 Å². The van der Waals surface area contributed by atoms with Crippen molar-refractivity contribution in [3.63, 3.8) is 0 Å². The molecule has 0 bridgehead atoms. The Morgan fingerprint density at radius 3 is 2.42 bits per heavy atom. The third kappa shape index (κ3) is 4.59. The van der Waals surface area contributed by atoms with Gasteiger partial charge < -0.3 is 14.6 Å². The molecule has 0 spiro atoms. The lowest BCUT2D eigenvalue weighted by Crippen LogP contribution is -2.37.